The van der Waals surface area contributed by atoms with Crippen molar-refractivity contribution in [2.24, 2.45) is 0 Å². The smallest absolute Gasteiger partial charge is 0.141 e. The first-order valence-corrected chi connectivity index (χ1v) is 3.61. The first-order chi connectivity index (χ1) is 5.29. The highest BCUT2D eigenvalue weighted by atomic mass is 16.3. The highest BCUT2D eigenvalue weighted by Crippen LogP contribution is 2.10. The van der Waals surface area contributed by atoms with Crippen LogP contribution in [0, 0.1) is 0 Å². The Morgan fingerprint density at radius 2 is 2.64 bits per heavy atom. The van der Waals surface area contributed by atoms with Gasteiger partial charge in [-0.1, -0.05) is 6.08 Å². The van der Waals surface area contributed by atoms with Crippen LogP contribution < -0.4 is 0 Å². The van der Waals surface area contributed by atoms with E-state index >= 15 is 0 Å². The summed E-state index contributed by atoms with van der Waals surface area (Å²) < 4.78 is 1.88. The van der Waals surface area contributed by atoms with Gasteiger partial charge in [0, 0.05) is 18.9 Å². The highest BCUT2D eigenvalue weighted by Gasteiger charge is 2.07. The molecule has 1 atom stereocenters. The molecule has 0 fully saturated rings. The fourth-order valence-corrected chi connectivity index (χ4v) is 0.960. The van der Waals surface area contributed by atoms with E-state index < -0.39 is 6.10 Å². The summed E-state index contributed by atoms with van der Waals surface area (Å²) in [5, 5.41) is 9.33. The van der Waals surface area contributed by atoms with Crippen molar-refractivity contribution >= 4 is 0 Å². The van der Waals surface area contributed by atoms with Gasteiger partial charge in [0.15, 0.2) is 0 Å². The summed E-state index contributed by atoms with van der Waals surface area (Å²) in [5.41, 5.74) is 0. The lowest BCUT2D eigenvalue weighted by molar-refractivity contribution is 0.213. The molecule has 0 saturated heterocycles. The van der Waals surface area contributed by atoms with E-state index in [0.717, 1.165) is 6.54 Å². The van der Waals surface area contributed by atoms with Gasteiger partial charge >= 0.3 is 0 Å². The van der Waals surface area contributed by atoms with Crippen molar-refractivity contribution in [1.29, 1.82) is 0 Å². The molecule has 3 heteroatoms. The normalized spacial score (nSPS) is 12.9. The second kappa shape index (κ2) is 3.34. The Balaban J connectivity index is 2.91. The maximum absolute atomic E-state index is 9.33. The van der Waals surface area contributed by atoms with Crippen molar-refractivity contribution in [3.8, 4) is 0 Å². The van der Waals surface area contributed by atoms with Crippen LogP contribution in [0.25, 0.3) is 0 Å². The van der Waals surface area contributed by atoms with E-state index in [1.165, 1.54) is 6.08 Å². The average molecular weight is 152 g/mol. The van der Waals surface area contributed by atoms with Gasteiger partial charge in [-0.2, -0.15) is 0 Å². The molecule has 0 aliphatic heterocycles. The third kappa shape index (κ3) is 1.49. The molecule has 60 valence electrons. The van der Waals surface area contributed by atoms with Crippen molar-refractivity contribution in [1.82, 2.24) is 9.55 Å². The van der Waals surface area contributed by atoms with Crippen molar-refractivity contribution in [2.75, 3.05) is 0 Å². The summed E-state index contributed by atoms with van der Waals surface area (Å²) in [5.74, 6) is 0.655. The minimum atomic E-state index is -0.648. The Kier molecular flexibility index (Phi) is 2.44. The molecule has 0 amide bonds. The second-order valence-corrected chi connectivity index (χ2v) is 2.25. The largest absolute Gasteiger partial charge is 0.381 e. The summed E-state index contributed by atoms with van der Waals surface area (Å²) in [4.78, 5) is 4.00. The Labute approximate surface area is 66.0 Å². The molecule has 3 nitrogen and oxygen atoms in total. The van der Waals surface area contributed by atoms with Crippen LogP contribution in [-0.2, 0) is 6.54 Å². The van der Waals surface area contributed by atoms with Crippen LogP contribution in [0.2, 0.25) is 0 Å². The molecule has 1 heterocycles. The molecule has 1 rings (SSSR count). The molecule has 0 bridgehead atoms. The predicted molar refractivity (Wildman–Crippen MR) is 43.1 cm³/mol. The Morgan fingerprint density at radius 3 is 3.18 bits per heavy atom. The summed E-state index contributed by atoms with van der Waals surface area (Å²) in [6, 6.07) is 0. The van der Waals surface area contributed by atoms with Gasteiger partial charge in [-0.05, 0) is 6.92 Å². The minimum absolute atomic E-state index is 0.648. The summed E-state index contributed by atoms with van der Waals surface area (Å²) in [6.07, 6.45) is 4.33. The maximum Gasteiger partial charge on any atom is 0.141 e. The number of aromatic nitrogens is 2. The first kappa shape index (κ1) is 8.01. The molecular weight excluding hydrogens is 140 g/mol. The van der Waals surface area contributed by atoms with Gasteiger partial charge in [0.05, 0.1) is 0 Å². The number of hydrogen-bond donors (Lipinski definition) is 1. The Morgan fingerprint density at radius 1 is 1.91 bits per heavy atom. The van der Waals surface area contributed by atoms with Gasteiger partial charge in [0.2, 0.25) is 0 Å². The van der Waals surface area contributed by atoms with Crippen molar-refractivity contribution < 1.29 is 5.11 Å². The van der Waals surface area contributed by atoms with Crippen LogP contribution in [0.4, 0.5) is 0 Å². The van der Waals surface area contributed by atoms with Crippen LogP contribution in [0.15, 0.2) is 25.0 Å². The molecule has 0 spiro atoms. The zero-order chi connectivity index (χ0) is 8.27. The van der Waals surface area contributed by atoms with Gasteiger partial charge in [-0.3, -0.25) is 0 Å². The Hall–Kier alpha value is -1.09. The highest BCUT2D eigenvalue weighted by molar-refractivity contribution is 5.02. The lowest BCUT2D eigenvalue weighted by Gasteiger charge is -2.06. The maximum atomic E-state index is 9.33. The number of imidazole rings is 1. The third-order valence-electron chi connectivity index (χ3n) is 1.58. The molecule has 1 aromatic heterocycles. The predicted octanol–water partition coefficient (Wildman–Crippen LogP) is 1.12. The van der Waals surface area contributed by atoms with Crippen molar-refractivity contribution in [3.63, 3.8) is 0 Å². The second-order valence-electron chi connectivity index (χ2n) is 2.25. The fourth-order valence-electron chi connectivity index (χ4n) is 0.960. The zero-order valence-corrected chi connectivity index (χ0v) is 6.57. The summed E-state index contributed by atoms with van der Waals surface area (Å²) in [7, 11) is 0. The van der Waals surface area contributed by atoms with E-state index in [1.54, 1.807) is 6.20 Å². The molecule has 0 aromatic carbocycles. The van der Waals surface area contributed by atoms with Crippen LogP contribution in [0.3, 0.4) is 0 Å². The molecule has 1 unspecified atom stereocenters. The quantitative estimate of drug-likeness (QED) is 0.659. The molecule has 0 radical (unpaired) electrons. The van der Waals surface area contributed by atoms with E-state index in [-0.39, 0.29) is 0 Å². The summed E-state index contributed by atoms with van der Waals surface area (Å²) >= 11 is 0. The summed E-state index contributed by atoms with van der Waals surface area (Å²) in [6.45, 7) is 6.31. The van der Waals surface area contributed by atoms with Crippen LogP contribution >= 0.6 is 0 Å². The molecule has 0 aliphatic rings. The third-order valence-corrected chi connectivity index (χ3v) is 1.58. The van der Waals surface area contributed by atoms with Crippen molar-refractivity contribution in [2.45, 2.75) is 19.6 Å². The number of aliphatic hydroxyl groups excluding tert-OH is 1. The van der Waals surface area contributed by atoms with Crippen molar-refractivity contribution in [3.05, 3.63) is 30.9 Å². The van der Waals surface area contributed by atoms with Crippen LogP contribution in [0.5, 0.6) is 0 Å². The minimum Gasteiger partial charge on any atom is -0.381 e. The number of nitrogens with zero attached hydrogens (tertiary/aromatic N) is 2. The standard InChI is InChI=1S/C8H12N2O/c1-3-7(11)8-9-5-6-10(8)4-2/h3,5-7,11H,1,4H2,2H3. The number of aryl methyl sites for hydroxylation is 1. The molecule has 1 N–H and O–H groups in total. The first-order valence-electron chi connectivity index (χ1n) is 3.61. The van der Waals surface area contributed by atoms with Crippen LogP contribution in [-0.4, -0.2) is 14.7 Å². The van der Waals surface area contributed by atoms with Gasteiger partial charge in [-0.15, -0.1) is 6.58 Å². The lowest BCUT2D eigenvalue weighted by atomic mass is 10.3. The number of rotatable bonds is 3. The fraction of sp³-hybridized carbons (Fsp3) is 0.375. The van der Waals surface area contributed by atoms with Gasteiger partial charge in [0.1, 0.15) is 11.9 Å². The Bertz CT molecular complexity index is 242. The van der Waals surface area contributed by atoms with E-state index in [4.69, 9.17) is 0 Å². The van der Waals surface area contributed by atoms with Gasteiger partial charge in [-0.25, -0.2) is 4.98 Å². The molecule has 1 aromatic rings. The SMILES string of the molecule is C=CC(O)c1nccn1CC. The topological polar surface area (TPSA) is 38.1 Å². The molecule has 0 aliphatic carbocycles. The van der Waals surface area contributed by atoms with Gasteiger partial charge < -0.3 is 9.67 Å². The van der Waals surface area contributed by atoms with E-state index in [0.29, 0.717) is 5.82 Å². The average Bonchev–Trinajstić information content (AvgIpc) is 2.50. The number of hydrogen-bond acceptors (Lipinski definition) is 2. The van der Waals surface area contributed by atoms with Crippen LogP contribution in [0.1, 0.15) is 18.9 Å². The zero-order valence-electron chi connectivity index (χ0n) is 6.57. The van der Waals surface area contributed by atoms with E-state index in [9.17, 15) is 5.11 Å². The van der Waals surface area contributed by atoms with Gasteiger partial charge in [0.25, 0.3) is 0 Å². The van der Waals surface area contributed by atoms with E-state index in [2.05, 4.69) is 11.6 Å². The molecular formula is C8H12N2O. The monoisotopic (exact) mass is 152 g/mol. The molecule has 11 heavy (non-hydrogen) atoms. The molecule has 0 saturated carbocycles. The van der Waals surface area contributed by atoms with E-state index in [1.807, 2.05) is 17.7 Å². The lowest BCUT2D eigenvalue weighted by Crippen LogP contribution is -2.04. The number of aliphatic hydroxyl groups is 1.